The van der Waals surface area contributed by atoms with Crippen LogP contribution in [-0.4, -0.2) is 80.9 Å². The molecule has 1 saturated heterocycles. The molecular formula is C17H21F3N2O5. The molecule has 27 heavy (non-hydrogen) atoms. The molecule has 0 atom stereocenters. The second-order valence-corrected chi connectivity index (χ2v) is 5.82. The van der Waals surface area contributed by atoms with Gasteiger partial charge in [-0.15, -0.1) is 0 Å². The Labute approximate surface area is 154 Å². The van der Waals surface area contributed by atoms with Gasteiger partial charge in [0.25, 0.3) is 0 Å². The molecule has 7 nitrogen and oxygen atoms in total. The lowest BCUT2D eigenvalue weighted by atomic mass is 10.3. The first-order valence-corrected chi connectivity index (χ1v) is 8.30. The van der Waals surface area contributed by atoms with Crippen LogP contribution in [0.15, 0.2) is 24.3 Å². The molecule has 1 aliphatic rings. The van der Waals surface area contributed by atoms with Crippen molar-refractivity contribution in [3.63, 3.8) is 0 Å². The van der Waals surface area contributed by atoms with Gasteiger partial charge in [0.05, 0.1) is 7.11 Å². The standard InChI is InChI=1S/C17H21F3N2O5/c1-25-13-3-2-4-14(11-13)27-12-15(23)26-10-9-21-5-7-22(8-6-21)16(24)17(18,19)20/h2-4,11H,5-10,12H2,1H3. The molecule has 0 spiro atoms. The van der Waals surface area contributed by atoms with Crippen molar-refractivity contribution in [1.82, 2.24) is 9.80 Å². The van der Waals surface area contributed by atoms with Gasteiger partial charge in [0.1, 0.15) is 18.1 Å². The largest absolute Gasteiger partial charge is 0.497 e. The Kier molecular flexibility index (Phi) is 7.28. The Morgan fingerprint density at radius 3 is 2.41 bits per heavy atom. The maximum absolute atomic E-state index is 12.4. The summed E-state index contributed by atoms with van der Waals surface area (Å²) in [6, 6.07) is 6.78. The van der Waals surface area contributed by atoms with Crippen molar-refractivity contribution in [3.05, 3.63) is 24.3 Å². The average Bonchev–Trinajstić information content (AvgIpc) is 2.66. The Hall–Kier alpha value is -2.49. The first-order valence-electron chi connectivity index (χ1n) is 8.30. The lowest BCUT2D eigenvalue weighted by Crippen LogP contribution is -2.52. The molecule has 10 heteroatoms. The second-order valence-electron chi connectivity index (χ2n) is 5.82. The van der Waals surface area contributed by atoms with Crippen molar-refractivity contribution in [3.8, 4) is 11.5 Å². The van der Waals surface area contributed by atoms with Gasteiger partial charge < -0.3 is 19.1 Å². The summed E-state index contributed by atoms with van der Waals surface area (Å²) >= 11 is 0. The number of hydrogen-bond donors (Lipinski definition) is 0. The van der Waals surface area contributed by atoms with Gasteiger partial charge >= 0.3 is 18.1 Å². The van der Waals surface area contributed by atoms with E-state index in [2.05, 4.69) is 0 Å². The number of ether oxygens (including phenoxy) is 3. The number of hydrogen-bond acceptors (Lipinski definition) is 6. The van der Waals surface area contributed by atoms with Gasteiger partial charge in [-0.25, -0.2) is 4.79 Å². The van der Waals surface area contributed by atoms with E-state index in [1.807, 2.05) is 4.90 Å². The number of piperazine rings is 1. The molecule has 1 aromatic rings. The number of amides is 1. The third-order valence-electron chi connectivity index (χ3n) is 3.97. The minimum Gasteiger partial charge on any atom is -0.497 e. The Balaban J connectivity index is 1.62. The minimum atomic E-state index is -4.85. The highest BCUT2D eigenvalue weighted by atomic mass is 19.4. The van der Waals surface area contributed by atoms with Crippen molar-refractivity contribution >= 4 is 11.9 Å². The van der Waals surface area contributed by atoms with Crippen LogP contribution in [0.5, 0.6) is 11.5 Å². The predicted octanol–water partition coefficient (Wildman–Crippen LogP) is 1.32. The first-order chi connectivity index (χ1) is 12.8. The summed E-state index contributed by atoms with van der Waals surface area (Å²) in [6.07, 6.45) is -4.85. The maximum Gasteiger partial charge on any atom is 0.471 e. The van der Waals surface area contributed by atoms with Crippen molar-refractivity contribution in [2.45, 2.75) is 6.18 Å². The van der Waals surface area contributed by atoms with E-state index in [9.17, 15) is 22.8 Å². The zero-order valence-corrected chi connectivity index (χ0v) is 14.8. The molecule has 1 amide bonds. The van der Waals surface area contributed by atoms with E-state index in [0.29, 0.717) is 31.1 Å². The molecule has 2 rings (SSSR count). The van der Waals surface area contributed by atoms with Gasteiger partial charge in [0.15, 0.2) is 6.61 Å². The summed E-state index contributed by atoms with van der Waals surface area (Å²) in [6.45, 7) is 0.767. The third-order valence-corrected chi connectivity index (χ3v) is 3.97. The highest BCUT2D eigenvalue weighted by Gasteiger charge is 2.43. The highest BCUT2D eigenvalue weighted by Crippen LogP contribution is 2.20. The molecule has 150 valence electrons. The second kappa shape index (κ2) is 9.45. The van der Waals surface area contributed by atoms with Crippen LogP contribution in [0.4, 0.5) is 13.2 Å². The summed E-state index contributed by atoms with van der Waals surface area (Å²) in [5.41, 5.74) is 0. The van der Waals surface area contributed by atoms with E-state index < -0.39 is 18.1 Å². The zero-order chi connectivity index (χ0) is 19.9. The molecule has 0 aromatic heterocycles. The molecule has 1 aliphatic heterocycles. The van der Waals surface area contributed by atoms with Crippen molar-refractivity contribution < 1.29 is 37.0 Å². The third kappa shape index (κ3) is 6.63. The number of benzene rings is 1. The molecule has 0 bridgehead atoms. The van der Waals surface area contributed by atoms with Gasteiger partial charge in [0, 0.05) is 38.8 Å². The van der Waals surface area contributed by atoms with Gasteiger partial charge in [-0.3, -0.25) is 9.69 Å². The zero-order valence-electron chi connectivity index (χ0n) is 14.8. The number of esters is 1. The lowest BCUT2D eigenvalue weighted by molar-refractivity contribution is -0.187. The number of nitrogens with zero attached hydrogens (tertiary/aromatic N) is 2. The van der Waals surface area contributed by atoms with E-state index in [4.69, 9.17) is 14.2 Å². The van der Waals surface area contributed by atoms with E-state index >= 15 is 0 Å². The number of carbonyl (C=O) groups excluding carboxylic acids is 2. The van der Waals surface area contributed by atoms with E-state index in [0.717, 1.165) is 4.90 Å². The SMILES string of the molecule is COc1cccc(OCC(=O)OCCN2CCN(C(=O)C(F)(F)F)CC2)c1. The lowest BCUT2D eigenvalue weighted by Gasteiger charge is -2.34. The minimum absolute atomic E-state index is 0.00869. The maximum atomic E-state index is 12.4. The summed E-state index contributed by atoms with van der Waals surface area (Å²) < 4.78 is 52.5. The van der Waals surface area contributed by atoms with Crippen LogP contribution in [0, 0.1) is 0 Å². The molecule has 1 aromatic carbocycles. The quantitative estimate of drug-likeness (QED) is 0.655. The molecule has 0 aliphatic carbocycles. The first kappa shape index (κ1) is 20.8. The Morgan fingerprint density at radius 1 is 1.11 bits per heavy atom. The molecule has 0 saturated carbocycles. The number of carbonyl (C=O) groups is 2. The van der Waals surface area contributed by atoms with Crippen LogP contribution in [-0.2, 0) is 14.3 Å². The number of halogens is 3. The van der Waals surface area contributed by atoms with Crippen LogP contribution in [0.3, 0.4) is 0 Å². The molecule has 1 fully saturated rings. The molecular weight excluding hydrogens is 369 g/mol. The predicted molar refractivity (Wildman–Crippen MR) is 88.5 cm³/mol. The fourth-order valence-electron chi connectivity index (χ4n) is 2.52. The van der Waals surface area contributed by atoms with Crippen molar-refractivity contribution in [2.75, 3.05) is 53.0 Å². The van der Waals surface area contributed by atoms with E-state index in [1.54, 1.807) is 24.3 Å². The number of rotatable bonds is 7. The summed E-state index contributed by atoms with van der Waals surface area (Å²) in [7, 11) is 1.52. The van der Waals surface area contributed by atoms with E-state index in [1.165, 1.54) is 7.11 Å². The van der Waals surface area contributed by atoms with Crippen LogP contribution >= 0.6 is 0 Å². The average molecular weight is 390 g/mol. The van der Waals surface area contributed by atoms with Gasteiger partial charge in [0.2, 0.25) is 0 Å². The van der Waals surface area contributed by atoms with Gasteiger partial charge in [-0.05, 0) is 12.1 Å². The monoisotopic (exact) mass is 390 g/mol. The van der Waals surface area contributed by atoms with Crippen LogP contribution in [0.25, 0.3) is 0 Å². The normalized spacial score (nSPS) is 15.3. The van der Waals surface area contributed by atoms with Crippen molar-refractivity contribution in [1.29, 1.82) is 0 Å². The summed E-state index contributed by atoms with van der Waals surface area (Å²) in [5.74, 6) is -1.30. The summed E-state index contributed by atoms with van der Waals surface area (Å²) in [5, 5.41) is 0. The molecule has 0 unspecified atom stereocenters. The summed E-state index contributed by atoms with van der Waals surface area (Å²) in [4.78, 5) is 25.5. The molecule has 0 radical (unpaired) electrons. The van der Waals surface area contributed by atoms with Crippen molar-refractivity contribution in [2.24, 2.45) is 0 Å². The Bertz CT molecular complexity index is 646. The van der Waals surface area contributed by atoms with E-state index in [-0.39, 0.29) is 26.3 Å². The number of methoxy groups -OCH3 is 1. The van der Waals surface area contributed by atoms with Crippen LogP contribution in [0.1, 0.15) is 0 Å². The fourth-order valence-corrected chi connectivity index (χ4v) is 2.52. The van der Waals surface area contributed by atoms with Crippen LogP contribution in [0.2, 0.25) is 0 Å². The highest BCUT2D eigenvalue weighted by molar-refractivity contribution is 5.81. The van der Waals surface area contributed by atoms with Gasteiger partial charge in [-0.1, -0.05) is 6.07 Å². The fraction of sp³-hybridized carbons (Fsp3) is 0.529. The number of alkyl halides is 3. The van der Waals surface area contributed by atoms with Crippen LogP contribution < -0.4 is 9.47 Å². The molecule has 0 N–H and O–H groups in total. The molecule has 1 heterocycles. The topological polar surface area (TPSA) is 68.3 Å². The smallest absolute Gasteiger partial charge is 0.471 e. The Morgan fingerprint density at radius 2 is 1.78 bits per heavy atom. The van der Waals surface area contributed by atoms with Gasteiger partial charge in [-0.2, -0.15) is 13.2 Å².